The van der Waals surface area contributed by atoms with Crippen molar-refractivity contribution in [2.24, 2.45) is 0 Å². The van der Waals surface area contributed by atoms with Gasteiger partial charge in [0.25, 0.3) is 0 Å². The second-order valence-corrected chi connectivity index (χ2v) is 19.4. The third-order valence-electron chi connectivity index (χ3n) is 15.0. The average Bonchev–Trinajstić information content (AvgIpc) is 3.90. The van der Waals surface area contributed by atoms with Crippen LogP contribution in [0.25, 0.3) is 82.8 Å². The second-order valence-electron chi connectivity index (χ2n) is 19.4. The first-order valence-electron chi connectivity index (χ1n) is 23.2. The zero-order chi connectivity index (χ0) is 44.3. The van der Waals surface area contributed by atoms with Crippen LogP contribution in [-0.4, -0.2) is 4.57 Å². The van der Waals surface area contributed by atoms with E-state index >= 15 is 0 Å². The number of nitrogens with zero attached hydrogens (tertiary/aromatic N) is 2. The minimum Gasteiger partial charge on any atom is -0.310 e. The fourth-order valence-electron chi connectivity index (χ4n) is 11.5. The highest BCUT2D eigenvalue weighted by Gasteiger charge is 2.37. The molecule has 0 amide bonds. The standard InChI is InChI=1S/C64H48N2/c1-63(2)57-18-10-7-15-51(57)53-35-32-49(39-59(53)63)65(50-33-36-54-52-16-8-11-19-58(52)64(3,4)60(54)40-50)47-28-23-43(24-29-47)46-27-34-56-55-17-9-12-20-61(55)66(62(56)38-46)48-30-25-42(26-31-48)45-22-21-41-13-5-6-14-44(41)37-45/h5-40H,1-4H3. The van der Waals surface area contributed by atoms with Crippen LogP contribution in [-0.2, 0) is 10.8 Å². The Balaban J connectivity index is 0.907. The fraction of sp³-hybridized carbons (Fsp3) is 0.0938. The van der Waals surface area contributed by atoms with Crippen LogP contribution in [0.4, 0.5) is 17.1 Å². The molecule has 0 aliphatic heterocycles. The molecule has 0 unspecified atom stereocenters. The van der Waals surface area contributed by atoms with Crippen molar-refractivity contribution in [3.05, 3.63) is 241 Å². The summed E-state index contributed by atoms with van der Waals surface area (Å²) in [6, 6.07) is 81.4. The molecule has 0 saturated carbocycles. The lowest BCUT2D eigenvalue weighted by molar-refractivity contribution is 0.660. The van der Waals surface area contributed by atoms with Gasteiger partial charge in [-0.25, -0.2) is 0 Å². The van der Waals surface area contributed by atoms with Crippen LogP contribution in [0.1, 0.15) is 49.9 Å². The van der Waals surface area contributed by atoms with Crippen LogP contribution in [0.2, 0.25) is 0 Å². The number of aromatic nitrogens is 1. The summed E-state index contributed by atoms with van der Waals surface area (Å²) in [4.78, 5) is 2.46. The molecule has 66 heavy (non-hydrogen) atoms. The maximum absolute atomic E-state index is 2.46. The van der Waals surface area contributed by atoms with Gasteiger partial charge in [-0.3, -0.25) is 0 Å². The minimum atomic E-state index is -0.112. The van der Waals surface area contributed by atoms with E-state index in [1.165, 1.54) is 99.3 Å². The molecule has 2 aliphatic carbocycles. The van der Waals surface area contributed by atoms with Crippen LogP contribution in [0, 0.1) is 0 Å². The van der Waals surface area contributed by atoms with Crippen molar-refractivity contribution in [3.8, 4) is 50.2 Å². The summed E-state index contributed by atoms with van der Waals surface area (Å²) < 4.78 is 2.43. The van der Waals surface area contributed by atoms with Crippen molar-refractivity contribution in [2.75, 3.05) is 4.90 Å². The normalized spacial score (nSPS) is 14.0. The maximum Gasteiger partial charge on any atom is 0.0547 e. The summed E-state index contributed by atoms with van der Waals surface area (Å²) in [5, 5.41) is 5.02. The van der Waals surface area contributed by atoms with Crippen molar-refractivity contribution < 1.29 is 0 Å². The van der Waals surface area contributed by atoms with Crippen molar-refractivity contribution in [2.45, 2.75) is 38.5 Å². The lowest BCUT2D eigenvalue weighted by atomic mass is 9.82. The summed E-state index contributed by atoms with van der Waals surface area (Å²) in [6.07, 6.45) is 0. The molecule has 10 aromatic carbocycles. The number of fused-ring (bicyclic) bond motifs is 10. The van der Waals surface area contributed by atoms with Gasteiger partial charge in [0, 0.05) is 44.4 Å². The molecule has 314 valence electrons. The van der Waals surface area contributed by atoms with Gasteiger partial charge >= 0.3 is 0 Å². The second kappa shape index (κ2) is 14.3. The summed E-state index contributed by atoms with van der Waals surface area (Å²) in [5.41, 5.74) is 22.4. The van der Waals surface area contributed by atoms with E-state index in [4.69, 9.17) is 0 Å². The Morgan fingerprint density at radius 3 is 1.44 bits per heavy atom. The monoisotopic (exact) mass is 844 g/mol. The highest BCUT2D eigenvalue weighted by atomic mass is 15.1. The van der Waals surface area contributed by atoms with E-state index in [2.05, 4.69) is 256 Å². The Kier molecular flexibility index (Phi) is 8.33. The van der Waals surface area contributed by atoms with E-state index in [1.54, 1.807) is 0 Å². The maximum atomic E-state index is 2.46. The topological polar surface area (TPSA) is 8.17 Å². The molecule has 0 bridgehead atoms. The number of hydrogen-bond donors (Lipinski definition) is 0. The summed E-state index contributed by atoms with van der Waals surface area (Å²) in [6.45, 7) is 9.47. The number of benzene rings is 10. The molecule has 0 fully saturated rings. The molecule has 0 N–H and O–H groups in total. The van der Waals surface area contributed by atoms with Gasteiger partial charge in [0.05, 0.1) is 11.0 Å². The molecule has 0 saturated heterocycles. The Morgan fingerprint density at radius 2 is 0.788 bits per heavy atom. The molecule has 11 aromatic rings. The third-order valence-corrected chi connectivity index (χ3v) is 15.0. The highest BCUT2D eigenvalue weighted by Crippen LogP contribution is 2.53. The smallest absolute Gasteiger partial charge is 0.0547 e. The molecular formula is C64H48N2. The predicted octanol–water partition coefficient (Wildman–Crippen LogP) is 17.4. The largest absolute Gasteiger partial charge is 0.310 e. The molecule has 0 atom stereocenters. The molecule has 13 rings (SSSR count). The lowest BCUT2D eigenvalue weighted by Gasteiger charge is -2.30. The van der Waals surface area contributed by atoms with Crippen molar-refractivity contribution in [3.63, 3.8) is 0 Å². The Bertz CT molecular complexity index is 3640. The first-order valence-corrected chi connectivity index (χ1v) is 23.2. The van der Waals surface area contributed by atoms with Gasteiger partial charge in [-0.05, 0) is 144 Å². The molecular weight excluding hydrogens is 797 g/mol. The third kappa shape index (κ3) is 5.74. The molecule has 0 radical (unpaired) electrons. The molecule has 0 spiro atoms. The molecule has 1 heterocycles. The predicted molar refractivity (Wildman–Crippen MR) is 279 cm³/mol. The molecule has 2 aliphatic rings. The zero-order valence-corrected chi connectivity index (χ0v) is 37.7. The van der Waals surface area contributed by atoms with Crippen LogP contribution in [0.5, 0.6) is 0 Å². The minimum absolute atomic E-state index is 0.112. The van der Waals surface area contributed by atoms with Gasteiger partial charge < -0.3 is 9.47 Å². The fourth-order valence-corrected chi connectivity index (χ4v) is 11.5. The lowest BCUT2D eigenvalue weighted by Crippen LogP contribution is -2.18. The number of hydrogen-bond acceptors (Lipinski definition) is 1. The van der Waals surface area contributed by atoms with Gasteiger partial charge in [0.2, 0.25) is 0 Å². The van der Waals surface area contributed by atoms with E-state index < -0.39 is 0 Å². The number of rotatable bonds is 6. The summed E-state index contributed by atoms with van der Waals surface area (Å²) >= 11 is 0. The van der Waals surface area contributed by atoms with Gasteiger partial charge in [0.15, 0.2) is 0 Å². The number of anilines is 3. The van der Waals surface area contributed by atoms with E-state index in [0.717, 1.165) is 22.7 Å². The SMILES string of the molecule is CC1(C)c2ccccc2-c2ccc(N(c3ccc(-c4ccc5c6ccccc6n(-c6ccc(-c7ccc8ccccc8c7)cc6)c5c4)cc3)c3ccc4c(c3)C(C)(C)c3ccccc3-4)cc21. The van der Waals surface area contributed by atoms with Gasteiger partial charge in [-0.15, -0.1) is 0 Å². The Morgan fingerprint density at radius 1 is 0.318 bits per heavy atom. The summed E-state index contributed by atoms with van der Waals surface area (Å²) in [7, 11) is 0. The van der Waals surface area contributed by atoms with E-state index in [-0.39, 0.29) is 10.8 Å². The van der Waals surface area contributed by atoms with Gasteiger partial charge in [-0.1, -0.05) is 179 Å². The van der Waals surface area contributed by atoms with Crippen LogP contribution < -0.4 is 4.90 Å². The van der Waals surface area contributed by atoms with E-state index in [0.29, 0.717) is 0 Å². The van der Waals surface area contributed by atoms with Crippen molar-refractivity contribution >= 4 is 49.6 Å². The Hall–Kier alpha value is -7.94. The zero-order valence-electron chi connectivity index (χ0n) is 37.7. The quantitative estimate of drug-likeness (QED) is 0.162. The van der Waals surface area contributed by atoms with Crippen molar-refractivity contribution in [1.82, 2.24) is 4.57 Å². The highest BCUT2D eigenvalue weighted by molar-refractivity contribution is 6.10. The molecule has 2 heteroatoms. The molecule has 1 aromatic heterocycles. The van der Waals surface area contributed by atoms with Crippen LogP contribution >= 0.6 is 0 Å². The Labute approximate surface area is 386 Å². The van der Waals surface area contributed by atoms with E-state index in [1.807, 2.05) is 0 Å². The van der Waals surface area contributed by atoms with Crippen molar-refractivity contribution in [1.29, 1.82) is 0 Å². The summed E-state index contributed by atoms with van der Waals surface area (Å²) in [5.74, 6) is 0. The van der Waals surface area contributed by atoms with Crippen LogP contribution in [0.15, 0.2) is 218 Å². The van der Waals surface area contributed by atoms with E-state index in [9.17, 15) is 0 Å². The first kappa shape index (κ1) is 38.5. The number of para-hydroxylation sites is 1. The van der Waals surface area contributed by atoms with Gasteiger partial charge in [-0.2, -0.15) is 0 Å². The average molecular weight is 845 g/mol. The first-order chi connectivity index (χ1) is 32.2. The molecule has 2 nitrogen and oxygen atoms in total. The van der Waals surface area contributed by atoms with Crippen LogP contribution in [0.3, 0.4) is 0 Å². The van der Waals surface area contributed by atoms with Gasteiger partial charge in [0.1, 0.15) is 0 Å².